The summed E-state index contributed by atoms with van der Waals surface area (Å²) in [5, 5.41) is 4.93. The van der Waals surface area contributed by atoms with Crippen LogP contribution in [0.2, 0.25) is 10.0 Å². The summed E-state index contributed by atoms with van der Waals surface area (Å²) in [7, 11) is 0. The average Bonchev–Trinajstić information content (AvgIpc) is 2.40. The van der Waals surface area contributed by atoms with Gasteiger partial charge in [0.15, 0.2) is 0 Å². The second-order valence-corrected chi connectivity index (χ2v) is 7.31. The molecule has 124 valence electrons. The van der Waals surface area contributed by atoms with Crippen molar-refractivity contribution in [2.24, 2.45) is 0 Å². The molecule has 0 bridgehead atoms. The maximum absolute atomic E-state index is 6.31. The highest BCUT2D eigenvalue weighted by molar-refractivity contribution is 6.35. The Morgan fingerprint density at radius 2 is 1.73 bits per heavy atom. The van der Waals surface area contributed by atoms with E-state index in [4.69, 9.17) is 27.9 Å². The Bertz CT molecular complexity index is 468. The van der Waals surface area contributed by atoms with Crippen LogP contribution in [0.15, 0.2) is 12.1 Å². The molecule has 2 rings (SSSR count). The predicted octanol–water partition coefficient (Wildman–Crippen LogP) is 5.98. The predicted molar refractivity (Wildman–Crippen MR) is 95.2 cm³/mol. The standard InChI is InChI=1S/C18H27Cl2NO/c1-13(2)22-18-14(10-15(19)11-17(18)20)12-21-16-8-6-4-3-5-7-9-16/h10-11,13,16,21H,3-9,12H2,1-2H3. The molecule has 1 saturated carbocycles. The maximum Gasteiger partial charge on any atom is 0.142 e. The second-order valence-electron chi connectivity index (χ2n) is 6.47. The number of hydrogen-bond donors (Lipinski definition) is 1. The van der Waals surface area contributed by atoms with Gasteiger partial charge in [-0.25, -0.2) is 0 Å². The van der Waals surface area contributed by atoms with Gasteiger partial charge in [-0.3, -0.25) is 0 Å². The van der Waals surface area contributed by atoms with Crippen molar-refractivity contribution in [2.45, 2.75) is 77.5 Å². The summed E-state index contributed by atoms with van der Waals surface area (Å²) >= 11 is 12.5. The van der Waals surface area contributed by atoms with E-state index in [1.165, 1.54) is 44.9 Å². The summed E-state index contributed by atoms with van der Waals surface area (Å²) in [5.41, 5.74) is 1.05. The Morgan fingerprint density at radius 1 is 1.09 bits per heavy atom. The van der Waals surface area contributed by atoms with Gasteiger partial charge in [0.2, 0.25) is 0 Å². The highest BCUT2D eigenvalue weighted by atomic mass is 35.5. The van der Waals surface area contributed by atoms with Crippen molar-refractivity contribution >= 4 is 23.2 Å². The number of benzene rings is 1. The van der Waals surface area contributed by atoms with E-state index in [9.17, 15) is 0 Å². The zero-order valence-electron chi connectivity index (χ0n) is 13.6. The average molecular weight is 344 g/mol. The van der Waals surface area contributed by atoms with Gasteiger partial charge in [-0.15, -0.1) is 0 Å². The molecule has 1 aromatic rings. The van der Waals surface area contributed by atoms with Crippen molar-refractivity contribution < 1.29 is 4.74 Å². The third-order valence-corrected chi connectivity index (χ3v) is 4.62. The quantitative estimate of drug-likeness (QED) is 0.709. The molecule has 0 amide bonds. The van der Waals surface area contributed by atoms with E-state index in [2.05, 4.69) is 5.32 Å². The van der Waals surface area contributed by atoms with Crippen LogP contribution in [0.5, 0.6) is 5.75 Å². The lowest BCUT2D eigenvalue weighted by atomic mass is 9.96. The molecule has 1 fully saturated rings. The summed E-state index contributed by atoms with van der Waals surface area (Å²) in [6.45, 7) is 4.78. The Labute approximate surface area is 144 Å². The van der Waals surface area contributed by atoms with Crippen LogP contribution >= 0.6 is 23.2 Å². The molecule has 4 heteroatoms. The van der Waals surface area contributed by atoms with E-state index in [1.807, 2.05) is 19.9 Å². The molecule has 0 aromatic heterocycles. The fraction of sp³-hybridized carbons (Fsp3) is 0.667. The van der Waals surface area contributed by atoms with Crippen LogP contribution in [0.4, 0.5) is 0 Å². The Morgan fingerprint density at radius 3 is 2.36 bits per heavy atom. The number of halogens is 2. The van der Waals surface area contributed by atoms with Crippen molar-refractivity contribution in [2.75, 3.05) is 0 Å². The van der Waals surface area contributed by atoms with Crippen LogP contribution in [0.25, 0.3) is 0 Å². The minimum Gasteiger partial charge on any atom is -0.489 e. The molecule has 1 aromatic carbocycles. The SMILES string of the molecule is CC(C)Oc1c(Cl)cc(Cl)cc1CNC1CCCCCCC1. The molecule has 1 aliphatic carbocycles. The molecule has 1 N–H and O–H groups in total. The van der Waals surface area contributed by atoms with Crippen molar-refractivity contribution in [3.8, 4) is 5.75 Å². The smallest absolute Gasteiger partial charge is 0.142 e. The Kier molecular flexibility index (Phi) is 7.33. The monoisotopic (exact) mass is 343 g/mol. The summed E-state index contributed by atoms with van der Waals surface area (Å²) in [6.07, 6.45) is 9.38. The van der Waals surface area contributed by atoms with E-state index in [0.717, 1.165) is 17.9 Å². The van der Waals surface area contributed by atoms with E-state index in [-0.39, 0.29) is 6.10 Å². The van der Waals surface area contributed by atoms with Crippen LogP contribution in [-0.2, 0) is 6.54 Å². The van der Waals surface area contributed by atoms with Gasteiger partial charge in [-0.1, -0.05) is 55.3 Å². The van der Waals surface area contributed by atoms with Gasteiger partial charge in [0.05, 0.1) is 11.1 Å². The summed E-state index contributed by atoms with van der Waals surface area (Å²) in [6, 6.07) is 4.30. The molecule has 2 nitrogen and oxygen atoms in total. The van der Waals surface area contributed by atoms with Gasteiger partial charge < -0.3 is 10.1 Å². The normalized spacial score (nSPS) is 17.3. The Hall–Kier alpha value is -0.440. The first-order valence-electron chi connectivity index (χ1n) is 8.44. The number of nitrogens with one attached hydrogen (secondary N) is 1. The number of hydrogen-bond acceptors (Lipinski definition) is 2. The highest BCUT2D eigenvalue weighted by Gasteiger charge is 2.15. The van der Waals surface area contributed by atoms with Crippen molar-refractivity contribution in [1.29, 1.82) is 0 Å². The molecule has 0 radical (unpaired) electrons. The number of ether oxygens (including phenoxy) is 1. The van der Waals surface area contributed by atoms with Gasteiger partial charge in [0.25, 0.3) is 0 Å². The highest BCUT2D eigenvalue weighted by Crippen LogP contribution is 2.33. The molecule has 0 aliphatic heterocycles. The van der Waals surface area contributed by atoms with E-state index in [1.54, 1.807) is 6.07 Å². The third kappa shape index (κ3) is 5.64. The fourth-order valence-corrected chi connectivity index (χ4v) is 3.61. The minimum absolute atomic E-state index is 0.0961. The van der Waals surface area contributed by atoms with Crippen molar-refractivity contribution in [3.63, 3.8) is 0 Å². The first-order chi connectivity index (χ1) is 10.6. The molecule has 0 spiro atoms. The zero-order valence-corrected chi connectivity index (χ0v) is 15.1. The lowest BCUT2D eigenvalue weighted by molar-refractivity contribution is 0.239. The molecule has 0 unspecified atom stereocenters. The molecule has 0 saturated heterocycles. The van der Waals surface area contributed by atoms with Gasteiger partial charge in [-0.2, -0.15) is 0 Å². The second kappa shape index (κ2) is 9.00. The first kappa shape index (κ1) is 17.9. The van der Waals surface area contributed by atoms with E-state index >= 15 is 0 Å². The van der Waals surface area contributed by atoms with Crippen LogP contribution in [0.3, 0.4) is 0 Å². The first-order valence-corrected chi connectivity index (χ1v) is 9.20. The number of rotatable bonds is 5. The van der Waals surface area contributed by atoms with Crippen LogP contribution in [0, 0.1) is 0 Å². The van der Waals surface area contributed by atoms with Crippen molar-refractivity contribution in [1.82, 2.24) is 5.32 Å². The topological polar surface area (TPSA) is 21.3 Å². The molecule has 1 aliphatic rings. The van der Waals surface area contributed by atoms with E-state index < -0.39 is 0 Å². The molecule has 0 atom stereocenters. The zero-order chi connectivity index (χ0) is 15.9. The van der Waals surface area contributed by atoms with Crippen molar-refractivity contribution in [3.05, 3.63) is 27.7 Å². The maximum atomic E-state index is 6.31. The van der Waals surface area contributed by atoms with Gasteiger partial charge in [0.1, 0.15) is 5.75 Å². The largest absolute Gasteiger partial charge is 0.489 e. The summed E-state index contributed by atoms with van der Waals surface area (Å²) in [5.74, 6) is 0.763. The third-order valence-electron chi connectivity index (χ3n) is 4.13. The van der Waals surface area contributed by atoms with Crippen LogP contribution in [-0.4, -0.2) is 12.1 Å². The molecule has 22 heavy (non-hydrogen) atoms. The molecular weight excluding hydrogens is 317 g/mol. The Balaban J connectivity index is 2.03. The van der Waals surface area contributed by atoms with Crippen LogP contribution < -0.4 is 10.1 Å². The van der Waals surface area contributed by atoms with Gasteiger partial charge in [0, 0.05) is 23.2 Å². The summed E-state index contributed by atoms with van der Waals surface area (Å²) < 4.78 is 5.89. The fourth-order valence-electron chi connectivity index (χ4n) is 3.03. The lowest BCUT2D eigenvalue weighted by Gasteiger charge is -2.23. The van der Waals surface area contributed by atoms with Gasteiger partial charge >= 0.3 is 0 Å². The lowest BCUT2D eigenvalue weighted by Crippen LogP contribution is -2.29. The summed E-state index contributed by atoms with van der Waals surface area (Å²) in [4.78, 5) is 0. The molecule has 0 heterocycles. The molecular formula is C18H27Cl2NO. The van der Waals surface area contributed by atoms with E-state index in [0.29, 0.717) is 16.1 Å². The van der Waals surface area contributed by atoms with Crippen LogP contribution in [0.1, 0.15) is 64.4 Å². The minimum atomic E-state index is 0.0961. The van der Waals surface area contributed by atoms with Gasteiger partial charge in [-0.05, 0) is 38.8 Å².